The van der Waals surface area contributed by atoms with E-state index >= 15 is 0 Å². The first-order chi connectivity index (χ1) is 17.0. The molecule has 1 aliphatic heterocycles. The lowest BCUT2D eigenvalue weighted by Gasteiger charge is -2.17. The molecule has 3 N–H and O–H groups in total. The zero-order valence-electron chi connectivity index (χ0n) is 19.2. The molecule has 3 aromatic heterocycles. The molecule has 190 valence electrons. The van der Waals surface area contributed by atoms with E-state index in [4.69, 9.17) is 11.6 Å². The number of aliphatic hydroxyl groups is 1. The van der Waals surface area contributed by atoms with Gasteiger partial charge in [0.25, 0.3) is 17.7 Å². The third-order valence-corrected chi connectivity index (χ3v) is 6.89. The predicted molar refractivity (Wildman–Crippen MR) is 130 cm³/mol. The van der Waals surface area contributed by atoms with Crippen LogP contribution >= 0.6 is 22.9 Å². The molecule has 0 bridgehead atoms. The van der Waals surface area contributed by atoms with Crippen LogP contribution in [0.15, 0.2) is 30.9 Å². The fourth-order valence-corrected chi connectivity index (χ4v) is 4.63. The predicted octanol–water partition coefficient (Wildman–Crippen LogP) is 3.41. The van der Waals surface area contributed by atoms with Gasteiger partial charge in [0.15, 0.2) is 0 Å². The molecule has 0 radical (unpaired) electrons. The second-order valence-corrected chi connectivity index (χ2v) is 9.77. The van der Waals surface area contributed by atoms with Crippen LogP contribution in [0.25, 0.3) is 0 Å². The topological polar surface area (TPSA) is 133 Å². The Bertz CT molecular complexity index is 1290. The minimum atomic E-state index is -3.20. The van der Waals surface area contributed by atoms with Crippen molar-refractivity contribution < 1.29 is 23.5 Å². The van der Waals surface area contributed by atoms with E-state index in [1.54, 1.807) is 13.0 Å². The van der Waals surface area contributed by atoms with Gasteiger partial charge in [-0.15, -0.1) is 11.3 Å². The normalized spacial score (nSPS) is 16.6. The zero-order chi connectivity index (χ0) is 26.0. The van der Waals surface area contributed by atoms with Crippen molar-refractivity contribution in [3.05, 3.63) is 57.0 Å². The molecule has 1 aliphatic rings. The highest BCUT2D eigenvalue weighted by atomic mass is 35.5. The smallest absolute Gasteiger partial charge is 0.272 e. The summed E-state index contributed by atoms with van der Waals surface area (Å²) in [6.45, 7) is 3.47. The highest BCUT2D eigenvalue weighted by Crippen LogP contribution is 2.33. The number of aromatic nitrogens is 4. The van der Waals surface area contributed by atoms with Gasteiger partial charge in [-0.3, -0.25) is 9.59 Å². The van der Waals surface area contributed by atoms with Gasteiger partial charge in [-0.1, -0.05) is 11.6 Å². The molecule has 2 atom stereocenters. The van der Waals surface area contributed by atoms with Gasteiger partial charge in [0, 0.05) is 37.8 Å². The van der Waals surface area contributed by atoms with Gasteiger partial charge in [0.2, 0.25) is 0 Å². The standard InChI is InChI=1S/C22H22ClF2N7O3S/c1-11(30-19(34)15-6-18(29-10-28-15)32-4-3-12(33)9-32)21-27-8-16(36-21)20(35)31-17-5-13(22(2,24)25)14(23)7-26-17/h5-8,10-12,33H,3-4,9H2,1-2H3,(H,30,34)(H,26,31,35). The van der Waals surface area contributed by atoms with E-state index in [2.05, 4.69) is 30.6 Å². The molecule has 2 amide bonds. The Morgan fingerprint density at radius 1 is 1.22 bits per heavy atom. The van der Waals surface area contributed by atoms with Crippen molar-refractivity contribution in [2.75, 3.05) is 23.3 Å². The molecule has 1 saturated heterocycles. The third-order valence-electron chi connectivity index (χ3n) is 5.41. The van der Waals surface area contributed by atoms with Gasteiger partial charge in [0.1, 0.15) is 33.5 Å². The van der Waals surface area contributed by atoms with E-state index in [1.807, 2.05) is 4.90 Å². The molecular formula is C22H22ClF2N7O3S. The summed E-state index contributed by atoms with van der Waals surface area (Å²) in [5.41, 5.74) is -0.301. The van der Waals surface area contributed by atoms with Crippen LogP contribution in [-0.2, 0) is 5.92 Å². The van der Waals surface area contributed by atoms with Gasteiger partial charge in [0.05, 0.1) is 23.4 Å². The monoisotopic (exact) mass is 537 g/mol. The van der Waals surface area contributed by atoms with Crippen molar-refractivity contribution in [3.63, 3.8) is 0 Å². The molecule has 36 heavy (non-hydrogen) atoms. The van der Waals surface area contributed by atoms with E-state index in [1.165, 1.54) is 12.5 Å². The van der Waals surface area contributed by atoms with Crippen LogP contribution in [-0.4, -0.2) is 56.1 Å². The molecule has 10 nitrogen and oxygen atoms in total. The van der Waals surface area contributed by atoms with E-state index in [-0.39, 0.29) is 21.4 Å². The number of alkyl halides is 2. The second kappa shape index (κ2) is 10.4. The molecule has 14 heteroatoms. The van der Waals surface area contributed by atoms with Gasteiger partial charge in [-0.25, -0.2) is 28.7 Å². The number of aliphatic hydroxyl groups excluding tert-OH is 1. The first-order valence-electron chi connectivity index (χ1n) is 10.9. The summed E-state index contributed by atoms with van der Waals surface area (Å²) in [4.78, 5) is 43.7. The molecule has 0 aromatic carbocycles. The van der Waals surface area contributed by atoms with Crippen molar-refractivity contribution in [1.82, 2.24) is 25.3 Å². The fraction of sp³-hybridized carbons (Fsp3) is 0.364. The molecule has 4 heterocycles. The van der Waals surface area contributed by atoms with E-state index < -0.39 is 35.4 Å². The maximum Gasteiger partial charge on any atom is 0.272 e. The van der Waals surface area contributed by atoms with Crippen LogP contribution < -0.4 is 15.5 Å². The van der Waals surface area contributed by atoms with E-state index in [0.717, 1.165) is 23.6 Å². The quantitative estimate of drug-likeness (QED) is 0.417. The Morgan fingerprint density at radius 3 is 2.69 bits per heavy atom. The Hall–Kier alpha value is -3.29. The van der Waals surface area contributed by atoms with Gasteiger partial charge >= 0.3 is 0 Å². The second-order valence-electron chi connectivity index (χ2n) is 8.30. The van der Waals surface area contributed by atoms with Crippen molar-refractivity contribution >= 4 is 46.4 Å². The lowest BCUT2D eigenvalue weighted by Crippen LogP contribution is -2.28. The summed E-state index contributed by atoms with van der Waals surface area (Å²) < 4.78 is 27.4. The van der Waals surface area contributed by atoms with Crippen LogP contribution in [0.3, 0.4) is 0 Å². The van der Waals surface area contributed by atoms with Crippen LogP contribution in [0.4, 0.5) is 20.4 Å². The minimum Gasteiger partial charge on any atom is -0.391 e. The number of amides is 2. The maximum atomic E-state index is 13.7. The molecule has 0 saturated carbocycles. The number of anilines is 2. The molecule has 3 aromatic rings. The SMILES string of the molecule is CC(NC(=O)c1cc(N2CCC(O)C2)ncn1)c1ncc(C(=O)Nc2cc(C(C)(F)F)c(Cl)cn2)s1. The molecule has 1 fully saturated rings. The number of thiazole rings is 1. The van der Waals surface area contributed by atoms with Crippen LogP contribution in [0.1, 0.15) is 57.0 Å². The van der Waals surface area contributed by atoms with Gasteiger partial charge in [-0.05, 0) is 19.4 Å². The number of carbonyl (C=O) groups excluding carboxylic acids is 2. The highest BCUT2D eigenvalue weighted by molar-refractivity contribution is 7.13. The summed E-state index contributed by atoms with van der Waals surface area (Å²) >= 11 is 6.82. The van der Waals surface area contributed by atoms with Crippen molar-refractivity contribution in [3.8, 4) is 0 Å². The Balaban J connectivity index is 1.40. The molecule has 0 aliphatic carbocycles. The third kappa shape index (κ3) is 5.91. The lowest BCUT2D eigenvalue weighted by molar-refractivity contribution is 0.0175. The van der Waals surface area contributed by atoms with E-state index in [0.29, 0.717) is 37.3 Å². The summed E-state index contributed by atoms with van der Waals surface area (Å²) in [7, 11) is 0. The molecule has 2 unspecified atom stereocenters. The number of nitrogens with one attached hydrogen (secondary N) is 2. The minimum absolute atomic E-state index is 0.0812. The highest BCUT2D eigenvalue weighted by Gasteiger charge is 2.28. The van der Waals surface area contributed by atoms with Gasteiger partial charge in [-0.2, -0.15) is 0 Å². The maximum absolute atomic E-state index is 13.7. The Morgan fingerprint density at radius 2 is 2.00 bits per heavy atom. The molecule has 4 rings (SSSR count). The zero-order valence-corrected chi connectivity index (χ0v) is 20.8. The summed E-state index contributed by atoms with van der Waals surface area (Å²) in [6, 6.07) is 2.02. The Labute approximate surface area is 213 Å². The first-order valence-corrected chi connectivity index (χ1v) is 12.1. The number of β-amino-alcohol motifs (C(OH)–C–C–N with tert-alkyl or cyclic N) is 1. The summed E-state index contributed by atoms with van der Waals surface area (Å²) in [6.07, 6.45) is 3.85. The summed E-state index contributed by atoms with van der Waals surface area (Å²) in [5.74, 6) is -3.78. The first kappa shape index (κ1) is 25.8. The van der Waals surface area contributed by atoms with E-state index in [9.17, 15) is 23.5 Å². The lowest BCUT2D eigenvalue weighted by atomic mass is 10.1. The van der Waals surface area contributed by atoms with Crippen LogP contribution in [0.2, 0.25) is 5.02 Å². The fourth-order valence-electron chi connectivity index (χ4n) is 3.54. The van der Waals surface area contributed by atoms with Crippen molar-refractivity contribution in [2.24, 2.45) is 0 Å². The average molecular weight is 538 g/mol. The number of halogens is 3. The number of hydrogen-bond acceptors (Lipinski definition) is 9. The van der Waals surface area contributed by atoms with Crippen molar-refractivity contribution in [1.29, 1.82) is 0 Å². The Kier molecular flexibility index (Phi) is 7.43. The number of rotatable bonds is 7. The number of carbonyl (C=O) groups is 2. The molecule has 0 spiro atoms. The molecular weight excluding hydrogens is 516 g/mol. The number of nitrogens with zero attached hydrogens (tertiary/aromatic N) is 5. The summed E-state index contributed by atoms with van der Waals surface area (Å²) in [5, 5.41) is 15.2. The number of hydrogen-bond donors (Lipinski definition) is 3. The van der Waals surface area contributed by atoms with Gasteiger partial charge < -0.3 is 20.6 Å². The average Bonchev–Trinajstić information content (AvgIpc) is 3.49. The van der Waals surface area contributed by atoms with Crippen molar-refractivity contribution in [2.45, 2.75) is 38.3 Å². The van der Waals surface area contributed by atoms with Crippen LogP contribution in [0.5, 0.6) is 0 Å². The van der Waals surface area contributed by atoms with Crippen LogP contribution in [0, 0.1) is 0 Å². The largest absolute Gasteiger partial charge is 0.391 e. The number of pyridine rings is 1.